The van der Waals surface area contributed by atoms with Crippen molar-refractivity contribution in [2.24, 2.45) is 46.3 Å². The summed E-state index contributed by atoms with van der Waals surface area (Å²) in [5, 5.41) is 24.8. The Bertz CT molecular complexity index is 737. The molecule has 0 aromatic heterocycles. The summed E-state index contributed by atoms with van der Waals surface area (Å²) < 4.78 is 0. The first-order valence-electron chi connectivity index (χ1n) is 13.2. The van der Waals surface area contributed by atoms with Crippen LogP contribution in [0.3, 0.4) is 0 Å². The number of ketones is 1. The van der Waals surface area contributed by atoms with Crippen LogP contribution in [0, 0.1) is 46.3 Å². The second-order valence-electron chi connectivity index (χ2n) is 12.6. The van der Waals surface area contributed by atoms with Crippen LogP contribution in [0.15, 0.2) is 0 Å². The zero-order valence-electron chi connectivity index (χ0n) is 20.8. The van der Waals surface area contributed by atoms with Crippen molar-refractivity contribution in [2.45, 2.75) is 111 Å². The van der Waals surface area contributed by atoms with E-state index in [2.05, 4.69) is 39.9 Å². The number of Topliss-reactive ketones (excluding diaryl/α,β-unsaturated/α-hetero) is 1. The van der Waals surface area contributed by atoms with E-state index >= 15 is 0 Å². The van der Waals surface area contributed by atoms with E-state index in [0.717, 1.165) is 32.1 Å². The molecule has 4 rings (SSSR count). The van der Waals surface area contributed by atoms with Gasteiger partial charge < -0.3 is 15.5 Å². The maximum absolute atomic E-state index is 12.4. The van der Waals surface area contributed by atoms with Gasteiger partial charge in [0.15, 0.2) is 0 Å². The molecule has 10 atom stereocenters. The predicted molar refractivity (Wildman–Crippen MR) is 125 cm³/mol. The molecule has 32 heavy (non-hydrogen) atoms. The van der Waals surface area contributed by atoms with Crippen LogP contribution in [0.25, 0.3) is 0 Å². The van der Waals surface area contributed by atoms with E-state index in [9.17, 15) is 19.8 Å². The number of aliphatic carboxylic acids is 1. The first-order valence-corrected chi connectivity index (χ1v) is 13.2. The molecule has 0 bridgehead atoms. The van der Waals surface area contributed by atoms with Crippen molar-refractivity contribution in [1.29, 1.82) is 0 Å². The molecular weight excluding hydrogens is 402 g/mol. The minimum atomic E-state index is -0.722. The molecule has 0 aliphatic heterocycles. The van der Waals surface area contributed by atoms with Gasteiger partial charge in [0.2, 0.25) is 0 Å². The number of carboxylic acids is 1. The fourth-order valence-electron chi connectivity index (χ4n) is 9.14. The van der Waals surface area contributed by atoms with Gasteiger partial charge in [-0.05, 0) is 84.9 Å². The lowest BCUT2D eigenvalue weighted by Gasteiger charge is -2.64. The van der Waals surface area contributed by atoms with E-state index in [4.69, 9.17) is 0 Å². The zero-order valence-corrected chi connectivity index (χ0v) is 20.8. The average molecular weight is 448 g/mol. The van der Waals surface area contributed by atoms with E-state index < -0.39 is 5.97 Å². The molecule has 0 saturated heterocycles. The van der Waals surface area contributed by atoms with Crippen LogP contribution in [-0.2, 0) is 9.59 Å². The molecule has 0 heterocycles. The minimum Gasteiger partial charge on any atom is -0.481 e. The molecule has 4 saturated carbocycles. The number of carbonyl (C=O) groups is 2. The van der Waals surface area contributed by atoms with E-state index in [-0.39, 0.29) is 23.4 Å². The molecule has 4 aliphatic carbocycles. The summed E-state index contributed by atoms with van der Waals surface area (Å²) in [4.78, 5) is 23.6. The van der Waals surface area contributed by atoms with Crippen LogP contribution in [0.5, 0.6) is 0 Å². The summed E-state index contributed by atoms with van der Waals surface area (Å²) in [6, 6.07) is 0.794. The van der Waals surface area contributed by atoms with Crippen molar-refractivity contribution in [3.63, 3.8) is 0 Å². The lowest BCUT2D eigenvalue weighted by atomic mass is 9.42. The van der Waals surface area contributed by atoms with E-state index in [1.807, 2.05) is 0 Å². The Kier molecular flexibility index (Phi) is 6.57. The quantitative estimate of drug-likeness (QED) is 0.551. The summed E-state index contributed by atoms with van der Waals surface area (Å²) in [6.07, 6.45) is 7.07. The Morgan fingerprint density at radius 2 is 1.88 bits per heavy atom. The monoisotopic (exact) mass is 447 g/mol. The molecule has 4 aliphatic rings. The van der Waals surface area contributed by atoms with Crippen molar-refractivity contribution in [3.05, 3.63) is 0 Å². The molecule has 5 heteroatoms. The van der Waals surface area contributed by atoms with Gasteiger partial charge in [-0.2, -0.15) is 0 Å². The summed E-state index contributed by atoms with van der Waals surface area (Å²) >= 11 is 0. The third kappa shape index (κ3) is 3.85. The first-order chi connectivity index (χ1) is 15.0. The number of aliphatic hydroxyl groups excluding tert-OH is 1. The molecule has 182 valence electrons. The molecule has 0 spiro atoms. The van der Waals surface area contributed by atoms with Gasteiger partial charge in [0.1, 0.15) is 5.78 Å². The number of aliphatic hydroxyl groups is 1. The third-order valence-corrected chi connectivity index (χ3v) is 10.8. The van der Waals surface area contributed by atoms with Crippen molar-refractivity contribution < 1.29 is 19.8 Å². The Labute approximate surface area is 194 Å². The van der Waals surface area contributed by atoms with Gasteiger partial charge >= 0.3 is 5.97 Å². The number of carboxylic acid groups (broad SMARTS) is 1. The highest BCUT2D eigenvalue weighted by Crippen LogP contribution is 2.68. The van der Waals surface area contributed by atoms with Crippen LogP contribution in [0.1, 0.15) is 92.4 Å². The van der Waals surface area contributed by atoms with E-state index in [1.165, 1.54) is 0 Å². The number of nitrogens with one attached hydrogen (secondary N) is 1. The minimum absolute atomic E-state index is 0.142. The van der Waals surface area contributed by atoms with Gasteiger partial charge in [-0.25, -0.2) is 0 Å². The number of fused-ring (bicyclic) bond motifs is 5. The van der Waals surface area contributed by atoms with Gasteiger partial charge in [0.05, 0.1) is 6.10 Å². The van der Waals surface area contributed by atoms with Crippen LogP contribution in [-0.4, -0.2) is 40.2 Å². The first kappa shape index (κ1) is 24.2. The zero-order chi connectivity index (χ0) is 23.4. The summed E-state index contributed by atoms with van der Waals surface area (Å²) in [7, 11) is 0. The van der Waals surface area contributed by atoms with Crippen molar-refractivity contribution in [3.8, 4) is 0 Å². The highest BCUT2D eigenvalue weighted by Gasteiger charge is 2.65. The standard InChI is InChI=1S/C27H45NO4/c1-15(2)28-22-13-17-12-18(29)10-11-26(17,4)21-14-23(30)27(5)19(7-8-20(27)25(21)22)16(3)6-9-24(31)32/h15-17,19-23,25,28,30H,6-14H2,1-5H3,(H,31,32)/t16-,17+,19-,20+,21+,22?,23?,25+,26+,27-/m1/s1. The molecule has 0 radical (unpaired) electrons. The number of hydrogen-bond acceptors (Lipinski definition) is 4. The largest absolute Gasteiger partial charge is 0.481 e. The van der Waals surface area contributed by atoms with Gasteiger partial charge in [-0.1, -0.05) is 34.6 Å². The van der Waals surface area contributed by atoms with Crippen LogP contribution >= 0.6 is 0 Å². The SMILES string of the molecule is CC(C)NC1C[C@@H]2CC(=O)CC[C@]2(C)[C@H]2CC(O)[C@]3(C)[C@@H]([C@H](C)CCC(=O)O)CC[C@H]3[C@H]12. The predicted octanol–water partition coefficient (Wildman–Crippen LogP) is 4.66. The number of carbonyl (C=O) groups excluding carboxylic acids is 1. The van der Waals surface area contributed by atoms with Crippen molar-refractivity contribution in [1.82, 2.24) is 5.32 Å². The fraction of sp³-hybridized carbons (Fsp3) is 0.926. The highest BCUT2D eigenvalue weighted by atomic mass is 16.4. The van der Waals surface area contributed by atoms with Gasteiger partial charge in [0, 0.05) is 31.3 Å². The molecule has 0 aromatic carbocycles. The Morgan fingerprint density at radius 3 is 2.53 bits per heavy atom. The summed E-state index contributed by atoms with van der Waals surface area (Å²) in [5.41, 5.74) is -0.00721. The smallest absolute Gasteiger partial charge is 0.303 e. The van der Waals surface area contributed by atoms with E-state index in [0.29, 0.717) is 72.6 Å². The van der Waals surface area contributed by atoms with Gasteiger partial charge in [-0.15, -0.1) is 0 Å². The second kappa shape index (κ2) is 8.69. The van der Waals surface area contributed by atoms with Crippen LogP contribution < -0.4 is 5.32 Å². The molecule has 0 amide bonds. The van der Waals surface area contributed by atoms with Gasteiger partial charge in [0.25, 0.3) is 0 Å². The number of hydrogen-bond donors (Lipinski definition) is 3. The summed E-state index contributed by atoms with van der Waals surface area (Å²) in [6.45, 7) is 11.4. The molecule has 4 fully saturated rings. The maximum Gasteiger partial charge on any atom is 0.303 e. The molecule has 2 unspecified atom stereocenters. The highest BCUT2D eigenvalue weighted by molar-refractivity contribution is 5.79. The maximum atomic E-state index is 12.4. The lowest BCUT2D eigenvalue weighted by Crippen LogP contribution is -2.65. The average Bonchev–Trinajstić information content (AvgIpc) is 3.06. The lowest BCUT2D eigenvalue weighted by molar-refractivity contribution is -0.179. The van der Waals surface area contributed by atoms with Crippen LogP contribution in [0.4, 0.5) is 0 Å². The normalized spacial score (nSPS) is 47.0. The van der Waals surface area contributed by atoms with Crippen LogP contribution in [0.2, 0.25) is 0 Å². The fourth-order valence-corrected chi connectivity index (χ4v) is 9.14. The molecular formula is C27H45NO4. The van der Waals surface area contributed by atoms with E-state index in [1.54, 1.807) is 0 Å². The Balaban J connectivity index is 1.66. The topological polar surface area (TPSA) is 86.6 Å². The van der Waals surface area contributed by atoms with Crippen molar-refractivity contribution in [2.75, 3.05) is 0 Å². The Morgan fingerprint density at radius 1 is 1.16 bits per heavy atom. The Hall–Kier alpha value is -0.940. The van der Waals surface area contributed by atoms with Crippen molar-refractivity contribution >= 4 is 11.8 Å². The molecule has 5 nitrogen and oxygen atoms in total. The van der Waals surface area contributed by atoms with Gasteiger partial charge in [-0.3, -0.25) is 9.59 Å². The third-order valence-electron chi connectivity index (χ3n) is 10.8. The summed E-state index contributed by atoms with van der Waals surface area (Å²) in [5.74, 6) is 2.24. The second-order valence-corrected chi connectivity index (χ2v) is 12.6. The number of rotatable bonds is 6. The molecule has 0 aromatic rings. The molecule has 3 N–H and O–H groups in total.